The molecule has 4 atom stereocenters. The molecule has 0 aliphatic heterocycles. The average Bonchev–Trinajstić information content (AvgIpc) is 3.73. The van der Waals surface area contributed by atoms with Crippen LogP contribution in [0.3, 0.4) is 0 Å². The van der Waals surface area contributed by atoms with Gasteiger partial charge in [0.25, 0.3) is 0 Å². The zero-order valence-corrected chi connectivity index (χ0v) is 34.1. The average molecular weight is 773 g/mol. The summed E-state index contributed by atoms with van der Waals surface area (Å²) in [7, 11) is 0. The van der Waals surface area contributed by atoms with Crippen LogP contribution in [0.4, 0.5) is 17.1 Å². The van der Waals surface area contributed by atoms with Gasteiger partial charge in [-0.1, -0.05) is 152 Å². The van der Waals surface area contributed by atoms with Gasteiger partial charge in [-0.15, -0.1) is 0 Å². The van der Waals surface area contributed by atoms with E-state index in [1.165, 1.54) is 115 Å². The Morgan fingerprint density at radius 1 is 0.517 bits per heavy atom. The molecule has 1 saturated carbocycles. The molecule has 3 aliphatic carbocycles. The van der Waals surface area contributed by atoms with E-state index in [0.29, 0.717) is 0 Å². The van der Waals surface area contributed by atoms with E-state index in [0.717, 1.165) is 17.8 Å². The summed E-state index contributed by atoms with van der Waals surface area (Å²) >= 11 is 0. The first-order valence-corrected chi connectivity index (χ1v) is 22.0. The molecule has 12 rings (SSSR count). The van der Waals surface area contributed by atoms with Crippen LogP contribution in [0.1, 0.15) is 44.6 Å². The van der Waals surface area contributed by atoms with E-state index in [2.05, 4.69) is 211 Å². The molecule has 2 unspecified atom stereocenters. The minimum absolute atomic E-state index is 0.167. The first kappa shape index (κ1) is 35.3. The Kier molecular flexibility index (Phi) is 8.23. The number of fused-ring (bicyclic) bond motifs is 6. The first-order valence-electron chi connectivity index (χ1n) is 22.0. The van der Waals surface area contributed by atoms with Crippen molar-refractivity contribution in [1.29, 1.82) is 0 Å². The molecule has 9 aromatic rings. The second-order valence-electron chi connectivity index (χ2n) is 18.0. The number of hydrogen-bond acceptors (Lipinski definition) is 1. The molecule has 290 valence electrons. The van der Waals surface area contributed by atoms with Gasteiger partial charge in [0, 0.05) is 38.8 Å². The Balaban J connectivity index is 0.905. The van der Waals surface area contributed by atoms with Crippen molar-refractivity contribution in [2.45, 2.75) is 44.4 Å². The number of rotatable bonds is 7. The van der Waals surface area contributed by atoms with Gasteiger partial charge in [0.2, 0.25) is 0 Å². The van der Waals surface area contributed by atoms with E-state index in [1.54, 1.807) is 5.57 Å². The van der Waals surface area contributed by atoms with Crippen molar-refractivity contribution in [3.8, 4) is 27.9 Å². The molecule has 0 N–H and O–H groups in total. The third-order valence-corrected chi connectivity index (χ3v) is 14.3. The maximum absolute atomic E-state index is 2.68. The molecular weight excluding hydrogens is 725 g/mol. The van der Waals surface area contributed by atoms with Crippen molar-refractivity contribution in [2.24, 2.45) is 17.8 Å². The predicted molar refractivity (Wildman–Crippen MR) is 253 cm³/mol. The summed E-state index contributed by atoms with van der Waals surface area (Å²) in [5, 5.41) is 5.07. The molecule has 1 aromatic heterocycles. The summed E-state index contributed by atoms with van der Waals surface area (Å²) < 4.78 is 2.42. The number of para-hydroxylation sites is 3. The molecule has 60 heavy (non-hydrogen) atoms. The number of hydrogen-bond donors (Lipinski definition) is 0. The van der Waals surface area contributed by atoms with Gasteiger partial charge in [0.1, 0.15) is 0 Å². The topological polar surface area (TPSA) is 8.17 Å². The molecule has 0 spiro atoms. The van der Waals surface area contributed by atoms with Crippen LogP contribution in [-0.4, -0.2) is 4.57 Å². The monoisotopic (exact) mass is 772 g/mol. The summed E-state index contributed by atoms with van der Waals surface area (Å²) in [6, 6.07) is 69.9. The molecule has 1 fully saturated rings. The van der Waals surface area contributed by atoms with Crippen molar-refractivity contribution >= 4 is 49.6 Å². The Labute approximate surface area is 353 Å². The molecule has 2 nitrogen and oxygen atoms in total. The highest BCUT2D eigenvalue weighted by Crippen LogP contribution is 2.59. The highest BCUT2D eigenvalue weighted by Gasteiger charge is 2.49. The fraction of sp³-hybridized carbons (Fsp3) is 0.172. The molecule has 0 radical (unpaired) electrons. The van der Waals surface area contributed by atoms with Gasteiger partial charge in [0.05, 0.1) is 16.7 Å². The Morgan fingerprint density at radius 3 is 1.93 bits per heavy atom. The smallest absolute Gasteiger partial charge is 0.0541 e. The zero-order chi connectivity index (χ0) is 39.8. The molecular formula is C58H48N2. The largest absolute Gasteiger partial charge is 0.310 e. The third-order valence-electron chi connectivity index (χ3n) is 14.3. The van der Waals surface area contributed by atoms with Gasteiger partial charge in [-0.25, -0.2) is 0 Å². The summed E-state index contributed by atoms with van der Waals surface area (Å²) in [6.07, 6.45) is 9.27. The summed E-state index contributed by atoms with van der Waals surface area (Å²) in [4.78, 5) is 2.48. The van der Waals surface area contributed by atoms with Gasteiger partial charge in [-0.3, -0.25) is 0 Å². The van der Waals surface area contributed by atoms with Crippen molar-refractivity contribution in [1.82, 2.24) is 4.57 Å². The molecule has 2 heteroatoms. The van der Waals surface area contributed by atoms with Crippen LogP contribution in [0.15, 0.2) is 200 Å². The third kappa shape index (κ3) is 5.76. The maximum Gasteiger partial charge on any atom is 0.0541 e. The highest BCUT2D eigenvalue weighted by atomic mass is 15.1. The van der Waals surface area contributed by atoms with Crippen molar-refractivity contribution < 1.29 is 0 Å². The SMILES string of the molecule is C[C@H]1CC2CC3=C[C@@H](C2)CC3(c2cccc(N(c3ccc(-c4ccc(-c5ccccc5-n5c6ccccc6c6ccccc65)cc4)cc3)c3ccc4ccccc4c3)c2)C1. The first-order chi connectivity index (χ1) is 29.6. The molecule has 0 saturated heterocycles. The van der Waals surface area contributed by atoms with E-state index in [1.807, 2.05) is 0 Å². The minimum Gasteiger partial charge on any atom is -0.310 e. The minimum atomic E-state index is 0.167. The number of anilines is 3. The second-order valence-corrected chi connectivity index (χ2v) is 18.0. The second kappa shape index (κ2) is 14.0. The normalized spacial score (nSPS) is 20.8. The van der Waals surface area contributed by atoms with E-state index in [9.17, 15) is 0 Å². The van der Waals surface area contributed by atoms with E-state index in [4.69, 9.17) is 0 Å². The zero-order valence-electron chi connectivity index (χ0n) is 34.1. The van der Waals surface area contributed by atoms with Crippen LogP contribution in [0.2, 0.25) is 0 Å². The lowest BCUT2D eigenvalue weighted by Gasteiger charge is -2.36. The lowest BCUT2D eigenvalue weighted by molar-refractivity contribution is 0.272. The number of aromatic nitrogens is 1. The van der Waals surface area contributed by atoms with Crippen molar-refractivity contribution in [2.75, 3.05) is 4.90 Å². The standard InChI is InChI=1S/C58H48N2/c1-39-31-40-32-41-34-48(33-40)58(37-39,38-41)47-13-10-14-50(36-47)59(51-30-27-42-11-2-3-12-46(42)35-51)49-28-25-44(26-29-49)43-21-23-45(24-22-43)52-15-4-7-18-55(52)60-56-19-8-5-16-53(56)54-17-6-9-20-57(54)60/h2-30,34-36,39-41H,31-33,37-38H2,1H3/t39-,40?,41+,58?/m0/s1. The van der Waals surface area contributed by atoms with Crippen LogP contribution >= 0.6 is 0 Å². The molecule has 3 bridgehead atoms. The van der Waals surface area contributed by atoms with Crippen molar-refractivity contribution in [3.05, 3.63) is 205 Å². The van der Waals surface area contributed by atoms with Gasteiger partial charge < -0.3 is 9.47 Å². The summed E-state index contributed by atoms with van der Waals surface area (Å²) in [6.45, 7) is 2.50. The van der Waals surface area contributed by atoms with Crippen LogP contribution in [0, 0.1) is 17.8 Å². The molecule has 3 aliphatic rings. The van der Waals surface area contributed by atoms with Crippen LogP contribution in [-0.2, 0) is 5.41 Å². The Bertz CT molecular complexity index is 3060. The predicted octanol–water partition coefficient (Wildman–Crippen LogP) is 15.8. The lowest BCUT2D eigenvalue weighted by atomic mass is 9.69. The summed E-state index contributed by atoms with van der Waals surface area (Å²) in [5.41, 5.74) is 15.5. The lowest BCUT2D eigenvalue weighted by Crippen LogP contribution is -2.28. The van der Waals surface area contributed by atoms with Gasteiger partial charge >= 0.3 is 0 Å². The van der Waals surface area contributed by atoms with Gasteiger partial charge in [-0.2, -0.15) is 0 Å². The van der Waals surface area contributed by atoms with Gasteiger partial charge in [0.15, 0.2) is 0 Å². The van der Waals surface area contributed by atoms with E-state index in [-0.39, 0.29) is 5.41 Å². The summed E-state index contributed by atoms with van der Waals surface area (Å²) in [5.74, 6) is 2.35. The Morgan fingerprint density at radius 2 is 1.15 bits per heavy atom. The number of benzene rings is 8. The van der Waals surface area contributed by atoms with E-state index < -0.39 is 0 Å². The fourth-order valence-corrected chi connectivity index (χ4v) is 11.8. The quantitative estimate of drug-likeness (QED) is 0.147. The van der Waals surface area contributed by atoms with Crippen molar-refractivity contribution in [3.63, 3.8) is 0 Å². The van der Waals surface area contributed by atoms with Crippen LogP contribution < -0.4 is 4.90 Å². The van der Waals surface area contributed by atoms with Crippen LogP contribution in [0.25, 0.3) is 60.5 Å². The molecule has 8 aromatic carbocycles. The van der Waals surface area contributed by atoms with Crippen LogP contribution in [0.5, 0.6) is 0 Å². The highest BCUT2D eigenvalue weighted by molar-refractivity contribution is 6.09. The number of nitrogens with zero attached hydrogens (tertiary/aromatic N) is 2. The van der Waals surface area contributed by atoms with Gasteiger partial charge in [-0.05, 0) is 137 Å². The molecule has 1 heterocycles. The fourth-order valence-electron chi connectivity index (χ4n) is 11.8. The Hall–Kier alpha value is -6.64. The number of allylic oxidation sites excluding steroid dienone is 2. The van der Waals surface area contributed by atoms with E-state index >= 15 is 0 Å². The maximum atomic E-state index is 2.68. The molecule has 0 amide bonds.